The van der Waals surface area contributed by atoms with Gasteiger partial charge < -0.3 is 29.5 Å². The highest BCUT2D eigenvalue weighted by molar-refractivity contribution is 6.01. The zero-order valence-electron chi connectivity index (χ0n) is 36.3. The van der Waals surface area contributed by atoms with Gasteiger partial charge in [-0.05, 0) is 107 Å². The van der Waals surface area contributed by atoms with E-state index in [1.54, 1.807) is 4.90 Å². The molecule has 0 bridgehead atoms. The zero-order valence-corrected chi connectivity index (χ0v) is 36.3. The number of hydrogen-bond donors (Lipinski definition) is 2. The Morgan fingerprint density at radius 3 is 2.41 bits per heavy atom. The number of amides is 4. The van der Waals surface area contributed by atoms with Crippen molar-refractivity contribution in [2.75, 3.05) is 77.3 Å². The number of fused-ring (bicyclic) bond motifs is 3. The van der Waals surface area contributed by atoms with Gasteiger partial charge in [0, 0.05) is 74.0 Å². The summed E-state index contributed by atoms with van der Waals surface area (Å²) in [5, 5.41) is 5.83. The largest absolute Gasteiger partial charge is 0.474 e. The van der Waals surface area contributed by atoms with Crippen molar-refractivity contribution < 1.29 is 28.7 Å². The first-order valence-electron chi connectivity index (χ1n) is 22.2. The molecule has 4 saturated heterocycles. The molecule has 2 aromatic heterocycles. The maximum Gasteiger partial charge on any atom is 0.415 e. The number of rotatable bonds is 7. The minimum atomic E-state index is -0.629. The Balaban J connectivity index is 0.741. The summed E-state index contributed by atoms with van der Waals surface area (Å²) in [5.41, 5.74) is 7.63. The van der Waals surface area contributed by atoms with E-state index in [0.717, 1.165) is 97.2 Å². The Labute approximate surface area is 366 Å². The molecule has 0 radical (unpaired) electrons. The number of nitrogens with zero attached hydrogens (tertiary/aromatic N) is 8. The van der Waals surface area contributed by atoms with Crippen molar-refractivity contribution in [3.05, 3.63) is 83.3 Å². The third-order valence-corrected chi connectivity index (χ3v) is 13.5. The molecule has 4 fully saturated rings. The molecule has 328 valence electrons. The lowest BCUT2D eigenvalue weighted by molar-refractivity contribution is -0.134. The van der Waals surface area contributed by atoms with Crippen LogP contribution in [0.25, 0.3) is 0 Å². The summed E-state index contributed by atoms with van der Waals surface area (Å²) in [6.07, 6.45) is 5.97. The zero-order chi connectivity index (χ0) is 43.6. The van der Waals surface area contributed by atoms with Gasteiger partial charge in [-0.2, -0.15) is 0 Å². The molecular formula is C47H54N10O6. The van der Waals surface area contributed by atoms with Crippen LogP contribution in [0.15, 0.2) is 60.9 Å². The van der Waals surface area contributed by atoms with E-state index in [0.29, 0.717) is 62.0 Å². The number of likely N-dealkylation sites (tertiary alicyclic amines) is 1. The van der Waals surface area contributed by atoms with Crippen LogP contribution in [0.5, 0.6) is 5.88 Å². The number of benzene rings is 2. The maximum atomic E-state index is 13.9. The number of imide groups is 1. The molecule has 4 amide bonds. The Hall–Kier alpha value is -6.29. The van der Waals surface area contributed by atoms with Gasteiger partial charge in [-0.1, -0.05) is 12.1 Å². The van der Waals surface area contributed by atoms with Gasteiger partial charge in [-0.25, -0.2) is 19.7 Å². The monoisotopic (exact) mass is 854 g/mol. The molecule has 0 aliphatic carbocycles. The van der Waals surface area contributed by atoms with E-state index >= 15 is 0 Å². The topological polar surface area (TPSA) is 166 Å². The second-order valence-corrected chi connectivity index (χ2v) is 18.7. The molecule has 16 nitrogen and oxygen atoms in total. The molecule has 8 heterocycles. The molecule has 3 unspecified atom stereocenters. The molecular weight excluding hydrogens is 801 g/mol. The van der Waals surface area contributed by atoms with E-state index in [9.17, 15) is 19.2 Å². The summed E-state index contributed by atoms with van der Waals surface area (Å²) >= 11 is 0. The van der Waals surface area contributed by atoms with Crippen LogP contribution in [0, 0.1) is 18.8 Å². The van der Waals surface area contributed by atoms with E-state index < -0.39 is 11.7 Å². The predicted molar refractivity (Wildman–Crippen MR) is 238 cm³/mol. The van der Waals surface area contributed by atoms with Gasteiger partial charge in [0.15, 0.2) is 0 Å². The molecule has 0 saturated carbocycles. The summed E-state index contributed by atoms with van der Waals surface area (Å²) in [6.45, 7) is 13.9. The average Bonchev–Trinajstić information content (AvgIpc) is 3.58. The molecule has 16 heteroatoms. The van der Waals surface area contributed by atoms with Crippen LogP contribution in [0.2, 0.25) is 0 Å². The first kappa shape index (κ1) is 40.8. The number of nitrogens with one attached hydrogen (secondary N) is 2. The molecule has 10 rings (SSSR count). The van der Waals surface area contributed by atoms with Crippen LogP contribution in [0.4, 0.5) is 39.2 Å². The van der Waals surface area contributed by atoms with E-state index in [-0.39, 0.29) is 29.6 Å². The normalized spacial score (nSPS) is 22.7. The maximum absolute atomic E-state index is 13.9. The molecule has 3 atom stereocenters. The number of pyridine rings is 1. The quantitative estimate of drug-likeness (QED) is 0.230. The number of carbonyl (C=O) groups excluding carboxylic acids is 4. The standard InChI is InChI=1S/C47H54N10O6/c1-28-39(22-48-43-41(28)56(19-20-62-43)46(61)63-47(2,3)4)54-18-15-30-21-49-45(51-38(30)27-54)50-32-7-11-34(12-8-32)57-23-31-16-17-53(26-37(31)44(57)60)35-24-55(25-35)33-9-5-29(6-10-33)36-13-14-40(58)52-42(36)59/h5-12,21-22,31,35-37H,13-20,23-27H2,1-4H3,(H,49,50,51)(H,52,58,59). The van der Waals surface area contributed by atoms with Crippen LogP contribution in [-0.4, -0.2) is 108 Å². The van der Waals surface area contributed by atoms with Gasteiger partial charge in [0.2, 0.25) is 29.5 Å². The summed E-state index contributed by atoms with van der Waals surface area (Å²) in [5.74, 6) is 0.755. The lowest BCUT2D eigenvalue weighted by Gasteiger charge is -2.49. The van der Waals surface area contributed by atoms with Crippen molar-refractivity contribution in [1.82, 2.24) is 25.2 Å². The highest BCUT2D eigenvalue weighted by atomic mass is 16.6. The summed E-state index contributed by atoms with van der Waals surface area (Å²) < 4.78 is 11.6. The highest BCUT2D eigenvalue weighted by Crippen LogP contribution is 2.41. The van der Waals surface area contributed by atoms with Gasteiger partial charge in [0.25, 0.3) is 0 Å². The fourth-order valence-corrected chi connectivity index (χ4v) is 10.0. The van der Waals surface area contributed by atoms with Crippen molar-refractivity contribution >= 4 is 58.2 Å². The van der Waals surface area contributed by atoms with Crippen LogP contribution in [0.1, 0.15) is 68.3 Å². The van der Waals surface area contributed by atoms with Crippen LogP contribution < -0.4 is 35.0 Å². The summed E-state index contributed by atoms with van der Waals surface area (Å²) in [7, 11) is 0. The van der Waals surface area contributed by atoms with Crippen molar-refractivity contribution in [2.45, 2.75) is 77.5 Å². The summed E-state index contributed by atoms with van der Waals surface area (Å²) in [4.78, 5) is 75.9. The molecule has 0 spiro atoms. The first-order chi connectivity index (χ1) is 30.3. The predicted octanol–water partition coefficient (Wildman–Crippen LogP) is 5.31. The molecule has 4 aromatic rings. The van der Waals surface area contributed by atoms with Gasteiger partial charge in [0.1, 0.15) is 17.9 Å². The van der Waals surface area contributed by atoms with Crippen LogP contribution in [0.3, 0.4) is 0 Å². The number of carbonyl (C=O) groups is 4. The van der Waals surface area contributed by atoms with E-state index in [2.05, 4.69) is 47.4 Å². The van der Waals surface area contributed by atoms with Gasteiger partial charge in [-0.3, -0.25) is 29.5 Å². The molecule has 63 heavy (non-hydrogen) atoms. The Morgan fingerprint density at radius 2 is 1.65 bits per heavy atom. The van der Waals surface area contributed by atoms with Gasteiger partial charge >= 0.3 is 6.09 Å². The van der Waals surface area contributed by atoms with Crippen molar-refractivity contribution in [1.29, 1.82) is 0 Å². The second kappa shape index (κ2) is 16.1. The van der Waals surface area contributed by atoms with E-state index in [4.69, 9.17) is 14.5 Å². The minimum absolute atomic E-state index is 0.0139. The minimum Gasteiger partial charge on any atom is -0.474 e. The fourth-order valence-electron chi connectivity index (χ4n) is 10.0. The van der Waals surface area contributed by atoms with E-state index in [1.807, 2.05) is 81.4 Å². The Bertz CT molecular complexity index is 2450. The number of anilines is 6. The van der Waals surface area contributed by atoms with Gasteiger partial charge in [0.05, 0.1) is 42.5 Å². The van der Waals surface area contributed by atoms with Crippen LogP contribution >= 0.6 is 0 Å². The number of hydrogen-bond acceptors (Lipinski definition) is 13. The summed E-state index contributed by atoms with van der Waals surface area (Å²) in [6, 6.07) is 16.5. The Kier molecular flexibility index (Phi) is 10.4. The fraction of sp³-hybridized carbons (Fsp3) is 0.468. The van der Waals surface area contributed by atoms with Crippen LogP contribution in [-0.2, 0) is 32.1 Å². The Morgan fingerprint density at radius 1 is 0.873 bits per heavy atom. The second-order valence-electron chi connectivity index (χ2n) is 18.7. The molecule has 2 aromatic carbocycles. The smallest absolute Gasteiger partial charge is 0.415 e. The van der Waals surface area contributed by atoms with Crippen molar-refractivity contribution in [2.24, 2.45) is 11.8 Å². The van der Waals surface area contributed by atoms with E-state index in [1.165, 1.54) is 0 Å². The van der Waals surface area contributed by atoms with Gasteiger partial charge in [-0.15, -0.1) is 0 Å². The van der Waals surface area contributed by atoms with Crippen molar-refractivity contribution in [3.8, 4) is 5.88 Å². The first-order valence-corrected chi connectivity index (χ1v) is 22.2. The molecule has 2 N–H and O–H groups in total. The third kappa shape index (κ3) is 8.00. The molecule has 6 aliphatic rings. The van der Waals surface area contributed by atoms with Crippen molar-refractivity contribution in [3.63, 3.8) is 0 Å². The lowest BCUT2D eigenvalue weighted by atomic mass is 9.86. The highest BCUT2D eigenvalue weighted by Gasteiger charge is 2.46. The number of ether oxygens (including phenoxy) is 2. The number of piperidine rings is 2. The average molecular weight is 855 g/mol. The third-order valence-electron chi connectivity index (χ3n) is 13.5. The lowest BCUT2D eigenvalue weighted by Crippen LogP contribution is -2.62. The SMILES string of the molecule is Cc1c(N2CCc3cnc(Nc4ccc(N5CC6CCN(C7CN(c8ccc(C9CCC(=O)NC9=O)cc8)C7)CC6C5=O)cc4)nc3C2)cnc2c1N(C(=O)OC(C)(C)C)CCO2. The number of aromatic nitrogens is 3. The molecule has 6 aliphatic heterocycles.